The van der Waals surface area contributed by atoms with E-state index in [1.54, 1.807) is 6.33 Å². The van der Waals surface area contributed by atoms with Crippen LogP contribution in [0, 0.1) is 5.41 Å². The third-order valence-electron chi connectivity index (χ3n) is 3.34. The molecule has 1 aromatic carbocycles. The summed E-state index contributed by atoms with van der Waals surface area (Å²) in [5.41, 5.74) is 7.31. The third-order valence-corrected chi connectivity index (χ3v) is 3.34. The van der Waals surface area contributed by atoms with Crippen molar-refractivity contribution in [2.75, 3.05) is 5.32 Å². The van der Waals surface area contributed by atoms with Crippen LogP contribution in [0.1, 0.15) is 20.8 Å². The number of carbonyl (C=O) groups is 1. The molecule has 0 aliphatic heterocycles. The average Bonchev–Trinajstić information content (AvgIpc) is 2.84. The SMILES string of the molecule is Cn1cnnc1-c1ccc(NC(=O)[C@@H](N)C(C)(C)C)cc1. The van der Waals surface area contributed by atoms with Crippen molar-refractivity contribution >= 4 is 11.6 Å². The maximum absolute atomic E-state index is 12.1. The number of benzene rings is 1. The zero-order valence-corrected chi connectivity index (χ0v) is 12.8. The standard InChI is InChI=1S/C15H21N5O/c1-15(2,3)12(16)14(21)18-11-7-5-10(6-8-11)13-19-17-9-20(13)4/h5-9,12H,16H2,1-4H3,(H,18,21)/t12-/m1/s1. The van der Waals surface area contributed by atoms with Crippen LogP contribution in [0.5, 0.6) is 0 Å². The van der Waals surface area contributed by atoms with Gasteiger partial charge in [-0.2, -0.15) is 0 Å². The molecule has 1 heterocycles. The Hall–Kier alpha value is -2.21. The van der Waals surface area contributed by atoms with Crippen LogP contribution in [0.4, 0.5) is 5.69 Å². The van der Waals surface area contributed by atoms with Crippen LogP contribution in [0.15, 0.2) is 30.6 Å². The van der Waals surface area contributed by atoms with E-state index in [1.807, 2.05) is 56.7 Å². The summed E-state index contributed by atoms with van der Waals surface area (Å²) < 4.78 is 1.84. The molecule has 21 heavy (non-hydrogen) atoms. The monoisotopic (exact) mass is 287 g/mol. The zero-order valence-electron chi connectivity index (χ0n) is 12.8. The minimum Gasteiger partial charge on any atom is -0.325 e. The molecule has 0 aliphatic carbocycles. The van der Waals surface area contributed by atoms with Crippen LogP contribution >= 0.6 is 0 Å². The molecule has 0 fully saturated rings. The van der Waals surface area contributed by atoms with Gasteiger partial charge in [0.05, 0.1) is 6.04 Å². The second-order valence-electron chi connectivity index (χ2n) is 6.18. The van der Waals surface area contributed by atoms with Crippen molar-refractivity contribution < 1.29 is 4.79 Å². The maximum atomic E-state index is 12.1. The van der Waals surface area contributed by atoms with Gasteiger partial charge < -0.3 is 15.6 Å². The van der Waals surface area contributed by atoms with Crippen LogP contribution in [-0.2, 0) is 11.8 Å². The van der Waals surface area contributed by atoms with E-state index in [1.165, 1.54) is 0 Å². The van der Waals surface area contributed by atoms with Crippen LogP contribution in [0.2, 0.25) is 0 Å². The highest BCUT2D eigenvalue weighted by Crippen LogP contribution is 2.21. The molecule has 0 unspecified atom stereocenters. The third kappa shape index (κ3) is 3.46. The Labute approximate surface area is 124 Å². The summed E-state index contributed by atoms with van der Waals surface area (Å²) in [6.45, 7) is 5.82. The molecule has 0 radical (unpaired) electrons. The number of hydrogen-bond donors (Lipinski definition) is 2. The zero-order chi connectivity index (χ0) is 15.6. The first kappa shape index (κ1) is 15.2. The smallest absolute Gasteiger partial charge is 0.241 e. The van der Waals surface area contributed by atoms with Gasteiger partial charge >= 0.3 is 0 Å². The molecule has 6 nitrogen and oxygen atoms in total. The Bertz CT molecular complexity index is 624. The fraction of sp³-hybridized carbons (Fsp3) is 0.400. The van der Waals surface area contributed by atoms with E-state index in [-0.39, 0.29) is 11.3 Å². The van der Waals surface area contributed by atoms with Crippen molar-refractivity contribution in [2.24, 2.45) is 18.2 Å². The number of nitrogens with two attached hydrogens (primary N) is 1. The summed E-state index contributed by atoms with van der Waals surface area (Å²) in [6, 6.07) is 6.88. The summed E-state index contributed by atoms with van der Waals surface area (Å²) in [5.74, 6) is 0.591. The Balaban J connectivity index is 2.10. The molecule has 0 bridgehead atoms. The van der Waals surface area contributed by atoms with Crippen LogP contribution in [-0.4, -0.2) is 26.7 Å². The number of anilines is 1. The van der Waals surface area contributed by atoms with Gasteiger partial charge in [0.15, 0.2) is 5.82 Å². The summed E-state index contributed by atoms with van der Waals surface area (Å²) >= 11 is 0. The number of nitrogens with one attached hydrogen (secondary N) is 1. The molecule has 6 heteroatoms. The van der Waals surface area contributed by atoms with Crippen molar-refractivity contribution in [3.63, 3.8) is 0 Å². The van der Waals surface area contributed by atoms with Gasteiger partial charge in [0, 0.05) is 18.3 Å². The van der Waals surface area contributed by atoms with Crippen LogP contribution in [0.3, 0.4) is 0 Å². The molecule has 1 atom stereocenters. The lowest BCUT2D eigenvalue weighted by Crippen LogP contribution is -2.45. The molecule has 0 aliphatic rings. The minimum absolute atomic E-state index is 0.186. The van der Waals surface area contributed by atoms with E-state index < -0.39 is 6.04 Å². The van der Waals surface area contributed by atoms with Gasteiger partial charge in [0.2, 0.25) is 5.91 Å². The Morgan fingerprint density at radius 3 is 2.38 bits per heavy atom. The second kappa shape index (κ2) is 5.65. The lowest BCUT2D eigenvalue weighted by molar-refractivity contribution is -0.119. The molecule has 0 saturated carbocycles. The normalized spacial score (nSPS) is 13.0. The van der Waals surface area contributed by atoms with E-state index in [0.29, 0.717) is 5.69 Å². The number of amides is 1. The maximum Gasteiger partial charge on any atom is 0.241 e. The number of aryl methyl sites for hydroxylation is 1. The van der Waals surface area contributed by atoms with Gasteiger partial charge in [-0.1, -0.05) is 20.8 Å². The first-order valence-electron chi connectivity index (χ1n) is 6.80. The molecule has 112 valence electrons. The number of hydrogen-bond acceptors (Lipinski definition) is 4. The quantitative estimate of drug-likeness (QED) is 0.901. The van der Waals surface area contributed by atoms with Crippen LogP contribution < -0.4 is 11.1 Å². The molecular formula is C15H21N5O. The highest BCUT2D eigenvalue weighted by molar-refractivity contribution is 5.95. The number of carbonyl (C=O) groups excluding carboxylic acids is 1. The first-order chi connectivity index (χ1) is 9.79. The topological polar surface area (TPSA) is 85.8 Å². The molecular weight excluding hydrogens is 266 g/mol. The molecule has 2 aromatic rings. The van der Waals surface area contributed by atoms with Crippen LogP contribution in [0.25, 0.3) is 11.4 Å². The van der Waals surface area contributed by atoms with Crippen molar-refractivity contribution in [3.05, 3.63) is 30.6 Å². The fourth-order valence-corrected chi connectivity index (χ4v) is 1.86. The highest BCUT2D eigenvalue weighted by atomic mass is 16.2. The molecule has 3 N–H and O–H groups in total. The average molecular weight is 287 g/mol. The van der Waals surface area contributed by atoms with Crippen molar-refractivity contribution in [1.29, 1.82) is 0 Å². The van der Waals surface area contributed by atoms with Gasteiger partial charge in [-0.3, -0.25) is 4.79 Å². The highest BCUT2D eigenvalue weighted by Gasteiger charge is 2.27. The van der Waals surface area contributed by atoms with Gasteiger partial charge in [-0.05, 0) is 29.7 Å². The summed E-state index contributed by atoms with van der Waals surface area (Å²) in [4.78, 5) is 12.1. The largest absolute Gasteiger partial charge is 0.325 e. The Morgan fingerprint density at radius 2 is 1.90 bits per heavy atom. The lowest BCUT2D eigenvalue weighted by atomic mass is 9.87. The van der Waals surface area contributed by atoms with E-state index >= 15 is 0 Å². The predicted octanol–water partition coefficient (Wildman–Crippen LogP) is 1.79. The number of nitrogens with zero attached hydrogens (tertiary/aromatic N) is 3. The molecule has 1 aromatic heterocycles. The van der Waals surface area contributed by atoms with Gasteiger partial charge in [-0.25, -0.2) is 0 Å². The number of rotatable bonds is 3. The van der Waals surface area contributed by atoms with Crippen molar-refractivity contribution in [1.82, 2.24) is 14.8 Å². The Morgan fingerprint density at radius 1 is 1.29 bits per heavy atom. The predicted molar refractivity (Wildman–Crippen MR) is 82.5 cm³/mol. The van der Waals surface area contributed by atoms with Gasteiger partial charge in [-0.15, -0.1) is 10.2 Å². The molecule has 2 rings (SSSR count). The van der Waals surface area contributed by atoms with E-state index in [2.05, 4.69) is 15.5 Å². The summed E-state index contributed by atoms with van der Waals surface area (Å²) in [5, 5.41) is 10.7. The molecule has 1 amide bonds. The summed E-state index contributed by atoms with van der Waals surface area (Å²) in [6.07, 6.45) is 1.65. The second-order valence-corrected chi connectivity index (χ2v) is 6.18. The van der Waals surface area contributed by atoms with E-state index in [9.17, 15) is 4.79 Å². The fourth-order valence-electron chi connectivity index (χ4n) is 1.86. The van der Waals surface area contributed by atoms with Crippen molar-refractivity contribution in [2.45, 2.75) is 26.8 Å². The Kier molecular flexibility index (Phi) is 4.09. The van der Waals surface area contributed by atoms with E-state index in [0.717, 1.165) is 11.4 Å². The van der Waals surface area contributed by atoms with Gasteiger partial charge in [0.1, 0.15) is 6.33 Å². The number of aromatic nitrogens is 3. The van der Waals surface area contributed by atoms with Crippen molar-refractivity contribution in [3.8, 4) is 11.4 Å². The van der Waals surface area contributed by atoms with Gasteiger partial charge in [0.25, 0.3) is 0 Å². The summed E-state index contributed by atoms with van der Waals surface area (Å²) in [7, 11) is 1.88. The lowest BCUT2D eigenvalue weighted by Gasteiger charge is -2.25. The molecule has 0 saturated heterocycles. The first-order valence-corrected chi connectivity index (χ1v) is 6.80. The van der Waals surface area contributed by atoms with E-state index in [4.69, 9.17) is 5.73 Å². The minimum atomic E-state index is -0.559. The molecule has 0 spiro atoms.